The Kier molecular flexibility index (Phi) is 4.28. The molecule has 2 aromatic rings. The summed E-state index contributed by atoms with van der Waals surface area (Å²) in [6.45, 7) is 9.80. The van der Waals surface area contributed by atoms with Gasteiger partial charge in [0.15, 0.2) is 0 Å². The van der Waals surface area contributed by atoms with E-state index in [4.69, 9.17) is 16.1 Å². The van der Waals surface area contributed by atoms with Crippen LogP contribution in [-0.2, 0) is 6.42 Å². The van der Waals surface area contributed by atoms with E-state index in [1.54, 1.807) is 0 Å². The maximum absolute atomic E-state index is 6.15. The number of hydrogen-bond donors (Lipinski definition) is 1. The van der Waals surface area contributed by atoms with E-state index in [-0.39, 0.29) is 6.04 Å². The minimum absolute atomic E-state index is 0.0376. The van der Waals surface area contributed by atoms with Gasteiger partial charge in [0.25, 0.3) is 0 Å². The van der Waals surface area contributed by atoms with Crippen LogP contribution in [0, 0.1) is 20.8 Å². The van der Waals surface area contributed by atoms with Crippen molar-refractivity contribution in [3.63, 3.8) is 0 Å². The fourth-order valence-corrected chi connectivity index (χ4v) is 2.40. The zero-order chi connectivity index (χ0) is 14.9. The summed E-state index contributed by atoms with van der Waals surface area (Å²) >= 11 is 6.15. The third-order valence-electron chi connectivity index (χ3n) is 3.32. The number of hydrogen-bond acceptors (Lipinski definition) is 5. The van der Waals surface area contributed by atoms with Crippen LogP contribution in [0.25, 0.3) is 0 Å². The highest BCUT2D eigenvalue weighted by Gasteiger charge is 2.18. The van der Waals surface area contributed by atoms with E-state index in [1.165, 1.54) is 0 Å². The zero-order valence-corrected chi connectivity index (χ0v) is 13.2. The Morgan fingerprint density at radius 2 is 1.95 bits per heavy atom. The number of rotatable bonds is 4. The molecule has 0 radical (unpaired) electrons. The van der Waals surface area contributed by atoms with Gasteiger partial charge in [-0.25, -0.2) is 9.97 Å². The number of aryl methyl sites for hydroxylation is 3. The van der Waals surface area contributed by atoms with Crippen LogP contribution in [-0.4, -0.2) is 15.1 Å². The number of anilines is 1. The van der Waals surface area contributed by atoms with Gasteiger partial charge in [0.2, 0.25) is 0 Å². The molecule has 1 N–H and O–H groups in total. The normalized spacial score (nSPS) is 12.5. The molecule has 0 aliphatic heterocycles. The number of aromatic nitrogens is 3. The summed E-state index contributed by atoms with van der Waals surface area (Å²) in [4.78, 5) is 8.74. The van der Waals surface area contributed by atoms with Gasteiger partial charge in [-0.2, -0.15) is 0 Å². The van der Waals surface area contributed by atoms with E-state index in [1.807, 2.05) is 34.6 Å². The van der Waals surface area contributed by atoms with E-state index in [0.29, 0.717) is 5.15 Å². The fraction of sp³-hybridized carbons (Fsp3) is 0.500. The largest absolute Gasteiger partial charge is 0.363 e. The van der Waals surface area contributed by atoms with Crippen molar-refractivity contribution >= 4 is 17.4 Å². The first-order valence-corrected chi connectivity index (χ1v) is 7.04. The van der Waals surface area contributed by atoms with Gasteiger partial charge in [0.05, 0.1) is 11.7 Å². The van der Waals surface area contributed by atoms with Crippen molar-refractivity contribution in [2.45, 2.75) is 47.1 Å². The van der Waals surface area contributed by atoms with E-state index in [2.05, 4.69) is 20.4 Å². The van der Waals surface area contributed by atoms with Gasteiger partial charge in [-0.1, -0.05) is 23.7 Å². The lowest BCUT2D eigenvalue weighted by Crippen LogP contribution is -2.12. The molecule has 0 aromatic carbocycles. The molecule has 0 aliphatic rings. The molecule has 0 amide bonds. The monoisotopic (exact) mass is 294 g/mol. The highest BCUT2D eigenvalue weighted by Crippen LogP contribution is 2.27. The summed E-state index contributed by atoms with van der Waals surface area (Å²) in [6, 6.07) is 0.0376. The average molecular weight is 295 g/mol. The first kappa shape index (κ1) is 14.8. The molecule has 0 fully saturated rings. The van der Waals surface area contributed by atoms with Gasteiger partial charge < -0.3 is 9.84 Å². The predicted octanol–water partition coefficient (Wildman–Crippen LogP) is 3.78. The van der Waals surface area contributed by atoms with Gasteiger partial charge in [0.1, 0.15) is 22.6 Å². The number of halogens is 1. The second-order valence-electron chi connectivity index (χ2n) is 4.86. The topological polar surface area (TPSA) is 63.8 Å². The predicted molar refractivity (Wildman–Crippen MR) is 79.2 cm³/mol. The van der Waals surface area contributed by atoms with Crippen LogP contribution in [0.5, 0.6) is 0 Å². The molecule has 1 unspecified atom stereocenters. The van der Waals surface area contributed by atoms with Gasteiger partial charge in [-0.3, -0.25) is 0 Å². The Morgan fingerprint density at radius 1 is 1.25 bits per heavy atom. The Morgan fingerprint density at radius 3 is 2.50 bits per heavy atom. The van der Waals surface area contributed by atoms with Gasteiger partial charge >= 0.3 is 0 Å². The van der Waals surface area contributed by atoms with Crippen LogP contribution in [0.15, 0.2) is 4.52 Å². The molecule has 20 heavy (non-hydrogen) atoms. The summed E-state index contributed by atoms with van der Waals surface area (Å²) in [5.74, 6) is 2.31. The van der Waals surface area contributed by atoms with Crippen LogP contribution in [0.2, 0.25) is 5.15 Å². The Labute approximate surface area is 123 Å². The molecule has 0 saturated heterocycles. The van der Waals surface area contributed by atoms with Crippen molar-refractivity contribution in [3.05, 3.63) is 33.6 Å². The summed E-state index contributed by atoms with van der Waals surface area (Å²) < 4.78 is 5.20. The van der Waals surface area contributed by atoms with Crippen molar-refractivity contribution in [3.8, 4) is 0 Å². The standard InChI is InChI=1S/C14H19ClN4O/c1-6-11-17-13(15)7(2)14(18-11)16-8(3)12-9(4)19-20-10(12)5/h8H,6H2,1-5H3,(H,16,17,18). The number of nitrogens with zero attached hydrogens (tertiary/aromatic N) is 3. The summed E-state index contributed by atoms with van der Waals surface area (Å²) in [7, 11) is 0. The van der Waals surface area contributed by atoms with Gasteiger partial charge in [0, 0.05) is 17.5 Å². The molecule has 6 heteroatoms. The van der Waals surface area contributed by atoms with E-state index >= 15 is 0 Å². The molecular weight excluding hydrogens is 276 g/mol. The molecule has 108 valence electrons. The summed E-state index contributed by atoms with van der Waals surface area (Å²) in [6.07, 6.45) is 0.744. The second kappa shape index (κ2) is 5.79. The minimum atomic E-state index is 0.0376. The maximum Gasteiger partial charge on any atom is 0.139 e. The lowest BCUT2D eigenvalue weighted by Gasteiger charge is -2.17. The molecule has 2 aromatic heterocycles. The SMILES string of the molecule is CCc1nc(Cl)c(C)c(NC(C)c2c(C)noc2C)n1. The highest BCUT2D eigenvalue weighted by atomic mass is 35.5. The first-order chi connectivity index (χ1) is 9.43. The molecule has 2 rings (SSSR count). The van der Waals surface area contributed by atoms with E-state index in [0.717, 1.165) is 40.6 Å². The van der Waals surface area contributed by atoms with Crippen LogP contribution in [0.4, 0.5) is 5.82 Å². The lowest BCUT2D eigenvalue weighted by molar-refractivity contribution is 0.392. The minimum Gasteiger partial charge on any atom is -0.363 e. The average Bonchev–Trinajstić information content (AvgIpc) is 2.74. The zero-order valence-electron chi connectivity index (χ0n) is 12.4. The van der Waals surface area contributed by atoms with Gasteiger partial charge in [-0.15, -0.1) is 0 Å². The second-order valence-corrected chi connectivity index (χ2v) is 5.22. The quantitative estimate of drug-likeness (QED) is 0.869. The summed E-state index contributed by atoms with van der Waals surface area (Å²) in [5.41, 5.74) is 2.79. The molecular formula is C14H19ClN4O. The molecule has 5 nitrogen and oxygen atoms in total. The molecule has 1 atom stereocenters. The van der Waals surface area contributed by atoms with Crippen molar-refractivity contribution in [1.29, 1.82) is 0 Å². The van der Waals surface area contributed by atoms with Crippen molar-refractivity contribution in [1.82, 2.24) is 15.1 Å². The molecule has 0 bridgehead atoms. The Hall–Kier alpha value is -1.62. The fourth-order valence-electron chi connectivity index (χ4n) is 2.22. The van der Waals surface area contributed by atoms with Crippen molar-refractivity contribution < 1.29 is 4.52 Å². The lowest BCUT2D eigenvalue weighted by atomic mass is 10.1. The van der Waals surface area contributed by atoms with Crippen molar-refractivity contribution in [2.75, 3.05) is 5.32 Å². The first-order valence-electron chi connectivity index (χ1n) is 6.66. The van der Waals surface area contributed by atoms with Gasteiger partial charge in [-0.05, 0) is 27.7 Å². The molecule has 0 saturated carbocycles. The Bertz CT molecular complexity index is 604. The van der Waals surface area contributed by atoms with Crippen molar-refractivity contribution in [2.24, 2.45) is 0 Å². The van der Waals surface area contributed by atoms with Crippen LogP contribution < -0.4 is 5.32 Å². The van der Waals surface area contributed by atoms with Crippen LogP contribution >= 0.6 is 11.6 Å². The van der Waals surface area contributed by atoms with E-state index in [9.17, 15) is 0 Å². The molecule has 0 aliphatic carbocycles. The number of nitrogens with one attached hydrogen (secondary N) is 1. The molecule has 0 spiro atoms. The third-order valence-corrected chi connectivity index (χ3v) is 3.69. The van der Waals surface area contributed by atoms with Crippen LogP contribution in [0.1, 0.15) is 48.3 Å². The Balaban J connectivity index is 2.32. The smallest absolute Gasteiger partial charge is 0.139 e. The summed E-state index contributed by atoms with van der Waals surface area (Å²) in [5, 5.41) is 7.84. The van der Waals surface area contributed by atoms with E-state index < -0.39 is 0 Å². The van der Waals surface area contributed by atoms with Crippen LogP contribution in [0.3, 0.4) is 0 Å². The molecule has 2 heterocycles. The maximum atomic E-state index is 6.15. The third kappa shape index (κ3) is 2.77. The highest BCUT2D eigenvalue weighted by molar-refractivity contribution is 6.30.